The van der Waals surface area contributed by atoms with Gasteiger partial charge in [-0.2, -0.15) is 0 Å². The van der Waals surface area contributed by atoms with E-state index >= 15 is 0 Å². The molecule has 3 N–H and O–H groups in total. The average molecular weight is 120 g/mol. The highest BCUT2D eigenvalue weighted by molar-refractivity contribution is 7.78. The van der Waals surface area contributed by atoms with Crippen LogP contribution >= 0.6 is 12.2 Å². The Morgan fingerprint density at radius 3 is 2.57 bits per heavy atom. The molecule has 0 aliphatic rings. The lowest BCUT2D eigenvalue weighted by atomic mass is 10.7. The van der Waals surface area contributed by atoms with E-state index in [1.165, 1.54) is 5.49 Å². The second-order valence-electron chi connectivity index (χ2n) is 1.08. The number of aliphatic hydroxyl groups is 1. The number of rotatable bonds is 3. The second-order valence-corrected chi connectivity index (χ2v) is 1.32. The van der Waals surface area contributed by atoms with Crippen LogP contribution < -0.4 is 10.9 Å². The third-order valence-corrected chi connectivity index (χ3v) is 0.469. The molecule has 42 valence electrons. The van der Waals surface area contributed by atoms with Gasteiger partial charge >= 0.3 is 0 Å². The molecule has 0 saturated heterocycles. The van der Waals surface area contributed by atoms with E-state index in [-0.39, 0.29) is 0 Å². The highest BCUT2D eigenvalue weighted by atomic mass is 32.1. The minimum absolute atomic E-state index is 0.556. The molecule has 3 nitrogen and oxygen atoms in total. The average Bonchev–Trinajstić information content (AvgIpc) is 1.61. The van der Waals surface area contributed by atoms with Gasteiger partial charge in [0.1, 0.15) is 6.23 Å². The lowest BCUT2D eigenvalue weighted by Crippen LogP contribution is -2.37. The van der Waals surface area contributed by atoms with Crippen molar-refractivity contribution in [3.8, 4) is 0 Å². The first-order valence-corrected chi connectivity index (χ1v) is 2.37. The molecule has 0 bridgehead atoms. The highest BCUT2D eigenvalue weighted by Crippen LogP contribution is 1.61. The lowest BCUT2D eigenvalue weighted by molar-refractivity contribution is 0.149. The predicted octanol–water partition coefficient (Wildman–Crippen LogP) is -0.624. The molecule has 0 rings (SSSR count). The first-order valence-electron chi connectivity index (χ1n) is 1.90. The Balaban J connectivity index is 2.81. The van der Waals surface area contributed by atoms with Gasteiger partial charge in [-0.1, -0.05) is 12.2 Å². The normalized spacial score (nSPS) is 12.9. The lowest BCUT2D eigenvalue weighted by Gasteiger charge is -2.03. The first-order chi connectivity index (χ1) is 3.27. The molecule has 0 fully saturated rings. The zero-order valence-corrected chi connectivity index (χ0v) is 4.83. The van der Waals surface area contributed by atoms with Crippen molar-refractivity contribution in [2.24, 2.45) is 0 Å². The first kappa shape index (κ1) is 6.81. The Labute approximate surface area is 47.7 Å². The van der Waals surface area contributed by atoms with Crippen molar-refractivity contribution in [3.05, 3.63) is 0 Å². The zero-order valence-electron chi connectivity index (χ0n) is 4.01. The van der Waals surface area contributed by atoms with Crippen LogP contribution in [0.5, 0.6) is 0 Å². The van der Waals surface area contributed by atoms with Crippen molar-refractivity contribution in [1.29, 1.82) is 0 Å². The fourth-order valence-electron chi connectivity index (χ4n) is 0.155. The Morgan fingerprint density at radius 2 is 2.43 bits per heavy atom. The second kappa shape index (κ2) is 3.98. The van der Waals surface area contributed by atoms with Gasteiger partial charge in [0, 0.05) is 0 Å². The summed E-state index contributed by atoms with van der Waals surface area (Å²) in [4.78, 5) is 0. The highest BCUT2D eigenvalue weighted by Gasteiger charge is 1.84. The third kappa shape index (κ3) is 5.81. The van der Waals surface area contributed by atoms with Gasteiger partial charge < -0.3 is 10.5 Å². The molecule has 0 spiro atoms. The van der Waals surface area contributed by atoms with Gasteiger partial charge in [0.25, 0.3) is 0 Å². The molecule has 0 aliphatic carbocycles. The molecule has 0 aromatic rings. The van der Waals surface area contributed by atoms with E-state index < -0.39 is 6.23 Å². The maximum absolute atomic E-state index is 8.44. The van der Waals surface area contributed by atoms with E-state index in [9.17, 15) is 0 Å². The summed E-state index contributed by atoms with van der Waals surface area (Å²) in [6.07, 6.45) is -0.556. The number of aliphatic hydroxyl groups excluding tert-OH is 1. The van der Waals surface area contributed by atoms with Crippen LogP contribution in [0.4, 0.5) is 0 Å². The number of thiocarbonyl (C=S) groups is 1. The molecular weight excluding hydrogens is 112 g/mol. The van der Waals surface area contributed by atoms with E-state index in [1.807, 2.05) is 0 Å². The van der Waals surface area contributed by atoms with E-state index in [4.69, 9.17) is 5.11 Å². The van der Waals surface area contributed by atoms with Gasteiger partial charge in [0.2, 0.25) is 0 Å². The third-order valence-electron chi connectivity index (χ3n) is 0.351. The molecule has 0 heterocycles. The maximum Gasteiger partial charge on any atom is 0.118 e. The summed E-state index contributed by atoms with van der Waals surface area (Å²) in [6.45, 7) is 1.59. The standard InChI is InChI=1S/C3H8N2OS/c1-3(6)5-4-2-7/h2-3,5-6H,1H3,(H,4,7). The Kier molecular flexibility index (Phi) is 3.87. The van der Waals surface area contributed by atoms with Crippen molar-refractivity contribution < 1.29 is 5.11 Å². The van der Waals surface area contributed by atoms with Gasteiger partial charge in [-0.15, -0.1) is 0 Å². The minimum Gasteiger partial charge on any atom is -0.377 e. The van der Waals surface area contributed by atoms with Gasteiger partial charge in [-0.25, -0.2) is 5.43 Å². The Bertz CT molecular complexity index is 56.9. The van der Waals surface area contributed by atoms with E-state index in [2.05, 4.69) is 23.1 Å². The molecule has 7 heavy (non-hydrogen) atoms. The number of hydrogen-bond acceptors (Lipinski definition) is 3. The summed E-state index contributed by atoms with van der Waals surface area (Å²) in [7, 11) is 0. The largest absolute Gasteiger partial charge is 0.377 e. The molecule has 0 saturated carbocycles. The van der Waals surface area contributed by atoms with Gasteiger partial charge in [-0.3, -0.25) is 0 Å². The minimum atomic E-state index is -0.556. The van der Waals surface area contributed by atoms with Crippen LogP contribution in [-0.2, 0) is 0 Å². The smallest absolute Gasteiger partial charge is 0.118 e. The van der Waals surface area contributed by atoms with Crippen molar-refractivity contribution in [2.45, 2.75) is 13.2 Å². The molecule has 1 atom stereocenters. The topological polar surface area (TPSA) is 44.3 Å². The summed E-state index contributed by atoms with van der Waals surface area (Å²) in [6, 6.07) is 0. The van der Waals surface area contributed by atoms with E-state index in [0.29, 0.717) is 0 Å². The number of hydrogen-bond donors (Lipinski definition) is 3. The van der Waals surface area contributed by atoms with Gasteiger partial charge in [0.05, 0.1) is 5.49 Å². The van der Waals surface area contributed by atoms with Crippen molar-refractivity contribution in [3.63, 3.8) is 0 Å². The molecule has 0 amide bonds. The van der Waals surface area contributed by atoms with E-state index in [1.54, 1.807) is 6.92 Å². The zero-order chi connectivity index (χ0) is 5.70. The predicted molar refractivity (Wildman–Crippen MR) is 31.6 cm³/mol. The molecule has 0 aliphatic heterocycles. The van der Waals surface area contributed by atoms with Crippen molar-refractivity contribution >= 4 is 17.7 Å². The molecule has 4 heteroatoms. The summed E-state index contributed by atoms with van der Waals surface area (Å²) in [5.74, 6) is 0. The van der Waals surface area contributed by atoms with Crippen LogP contribution in [0.15, 0.2) is 0 Å². The summed E-state index contributed by atoms with van der Waals surface area (Å²) in [5, 5.41) is 8.44. The maximum atomic E-state index is 8.44. The van der Waals surface area contributed by atoms with Crippen LogP contribution in [0.1, 0.15) is 6.92 Å². The summed E-state index contributed by atoms with van der Waals surface area (Å²) in [5.41, 5.74) is 6.16. The van der Waals surface area contributed by atoms with Crippen LogP contribution in [-0.4, -0.2) is 16.8 Å². The van der Waals surface area contributed by atoms with Crippen LogP contribution in [0, 0.1) is 0 Å². The van der Waals surface area contributed by atoms with Gasteiger partial charge in [-0.05, 0) is 6.92 Å². The SMILES string of the molecule is CC(O)NNC=S. The quantitative estimate of drug-likeness (QED) is 0.264. The fourth-order valence-corrected chi connectivity index (χ4v) is 0.223. The van der Waals surface area contributed by atoms with Crippen LogP contribution in [0.3, 0.4) is 0 Å². The van der Waals surface area contributed by atoms with Crippen molar-refractivity contribution in [1.82, 2.24) is 10.9 Å². The molecular formula is C3H8N2OS. The Morgan fingerprint density at radius 1 is 1.86 bits per heavy atom. The molecule has 0 radical (unpaired) electrons. The molecule has 0 aromatic carbocycles. The van der Waals surface area contributed by atoms with Crippen LogP contribution in [0.2, 0.25) is 0 Å². The monoisotopic (exact) mass is 120 g/mol. The van der Waals surface area contributed by atoms with Gasteiger partial charge in [0.15, 0.2) is 0 Å². The number of hydrazine groups is 1. The van der Waals surface area contributed by atoms with Crippen LogP contribution in [0.25, 0.3) is 0 Å². The van der Waals surface area contributed by atoms with Crippen molar-refractivity contribution in [2.75, 3.05) is 0 Å². The van der Waals surface area contributed by atoms with E-state index in [0.717, 1.165) is 0 Å². The Hall–Kier alpha value is -0.190. The molecule has 1 unspecified atom stereocenters. The summed E-state index contributed by atoms with van der Waals surface area (Å²) >= 11 is 4.36. The summed E-state index contributed by atoms with van der Waals surface area (Å²) < 4.78 is 0. The number of nitrogens with one attached hydrogen (secondary N) is 2. The molecule has 0 aromatic heterocycles. The fraction of sp³-hybridized carbons (Fsp3) is 0.667.